The van der Waals surface area contributed by atoms with Crippen molar-refractivity contribution in [3.8, 4) is 0 Å². The highest BCUT2D eigenvalue weighted by Gasteiger charge is 2.45. The summed E-state index contributed by atoms with van der Waals surface area (Å²) in [6.45, 7) is 7.50. The van der Waals surface area contributed by atoms with Gasteiger partial charge in [-0.3, -0.25) is 0 Å². The molecule has 0 saturated heterocycles. The van der Waals surface area contributed by atoms with E-state index in [0.717, 1.165) is 32.5 Å². The van der Waals surface area contributed by atoms with Gasteiger partial charge in [-0.1, -0.05) is 13.8 Å². The van der Waals surface area contributed by atoms with Crippen molar-refractivity contribution < 1.29 is 14.7 Å². The molecule has 6 heteroatoms. The fourth-order valence-corrected chi connectivity index (χ4v) is 2.26. The van der Waals surface area contributed by atoms with Crippen molar-refractivity contribution in [3.05, 3.63) is 0 Å². The average Bonchev–Trinajstić information content (AvgIpc) is 2.32. The number of urea groups is 1. The van der Waals surface area contributed by atoms with E-state index in [9.17, 15) is 9.59 Å². The molecule has 0 atom stereocenters. The van der Waals surface area contributed by atoms with E-state index < -0.39 is 11.5 Å². The molecule has 1 fully saturated rings. The third kappa shape index (κ3) is 4.38. The third-order valence-electron chi connectivity index (χ3n) is 3.67. The van der Waals surface area contributed by atoms with Gasteiger partial charge in [0.25, 0.3) is 0 Å². The monoisotopic (exact) mass is 271 g/mol. The molecule has 0 aromatic heterocycles. The van der Waals surface area contributed by atoms with Crippen LogP contribution in [0.2, 0.25) is 0 Å². The highest BCUT2D eigenvalue weighted by molar-refractivity contribution is 5.87. The number of carbonyl (C=O) groups excluding carboxylic acids is 1. The minimum absolute atomic E-state index is 0.380. The maximum Gasteiger partial charge on any atom is 0.329 e. The molecule has 0 aliphatic heterocycles. The van der Waals surface area contributed by atoms with Crippen molar-refractivity contribution in [2.45, 2.75) is 45.1 Å². The minimum atomic E-state index is -1.03. The van der Waals surface area contributed by atoms with Crippen molar-refractivity contribution in [2.75, 3.05) is 26.2 Å². The van der Waals surface area contributed by atoms with E-state index in [2.05, 4.69) is 29.4 Å². The Kier molecular flexibility index (Phi) is 6.08. The Labute approximate surface area is 114 Å². The van der Waals surface area contributed by atoms with Crippen LogP contribution in [0, 0.1) is 0 Å². The van der Waals surface area contributed by atoms with Crippen molar-refractivity contribution in [3.63, 3.8) is 0 Å². The number of aliphatic carboxylic acids is 1. The molecule has 0 radical (unpaired) electrons. The predicted octanol–water partition coefficient (Wildman–Crippen LogP) is 1.02. The van der Waals surface area contributed by atoms with Crippen LogP contribution in [0.4, 0.5) is 4.79 Å². The van der Waals surface area contributed by atoms with Gasteiger partial charge in [0.2, 0.25) is 0 Å². The fourth-order valence-electron chi connectivity index (χ4n) is 2.26. The number of hydrogen-bond acceptors (Lipinski definition) is 3. The zero-order valence-electron chi connectivity index (χ0n) is 11.9. The van der Waals surface area contributed by atoms with Crippen molar-refractivity contribution in [1.29, 1.82) is 0 Å². The summed E-state index contributed by atoms with van der Waals surface area (Å²) in [5, 5.41) is 14.4. The maximum absolute atomic E-state index is 11.7. The van der Waals surface area contributed by atoms with Crippen molar-refractivity contribution in [1.82, 2.24) is 15.5 Å². The molecule has 0 spiro atoms. The second-order valence-electron chi connectivity index (χ2n) is 5.06. The SMILES string of the molecule is CCCN(CC)CCNC(=O)NC1(C(=O)O)CCC1. The fraction of sp³-hybridized carbons (Fsp3) is 0.846. The molecule has 3 N–H and O–H groups in total. The van der Waals surface area contributed by atoms with E-state index >= 15 is 0 Å². The minimum Gasteiger partial charge on any atom is -0.480 e. The summed E-state index contributed by atoms with van der Waals surface area (Å²) in [6, 6.07) is -0.380. The van der Waals surface area contributed by atoms with Crippen molar-refractivity contribution >= 4 is 12.0 Å². The van der Waals surface area contributed by atoms with Gasteiger partial charge in [0.05, 0.1) is 0 Å². The van der Waals surface area contributed by atoms with Crippen LogP contribution in [0.5, 0.6) is 0 Å². The highest BCUT2D eigenvalue weighted by Crippen LogP contribution is 2.31. The van der Waals surface area contributed by atoms with Gasteiger partial charge in [-0.05, 0) is 38.8 Å². The summed E-state index contributed by atoms with van der Waals surface area (Å²) in [6.07, 6.45) is 2.98. The molecular formula is C13H25N3O3. The van der Waals surface area contributed by atoms with Crippen LogP contribution in [0.1, 0.15) is 39.5 Å². The Morgan fingerprint density at radius 1 is 1.26 bits per heavy atom. The van der Waals surface area contributed by atoms with Crippen LogP contribution in [0.3, 0.4) is 0 Å². The Balaban J connectivity index is 2.26. The first-order chi connectivity index (χ1) is 9.04. The Hall–Kier alpha value is -1.30. The van der Waals surface area contributed by atoms with Crippen LogP contribution in [-0.2, 0) is 4.79 Å². The molecule has 1 rings (SSSR count). The van der Waals surface area contributed by atoms with E-state index in [-0.39, 0.29) is 6.03 Å². The molecule has 0 heterocycles. The molecule has 0 aromatic carbocycles. The molecule has 2 amide bonds. The van der Waals surface area contributed by atoms with Crippen molar-refractivity contribution in [2.24, 2.45) is 0 Å². The molecule has 6 nitrogen and oxygen atoms in total. The lowest BCUT2D eigenvalue weighted by molar-refractivity contribution is -0.148. The third-order valence-corrected chi connectivity index (χ3v) is 3.67. The van der Waals surface area contributed by atoms with E-state index in [1.807, 2.05) is 0 Å². The van der Waals surface area contributed by atoms with Crippen LogP contribution >= 0.6 is 0 Å². The second kappa shape index (κ2) is 7.33. The zero-order chi connectivity index (χ0) is 14.3. The molecule has 19 heavy (non-hydrogen) atoms. The van der Waals surface area contributed by atoms with Gasteiger partial charge in [0, 0.05) is 13.1 Å². The molecule has 1 aliphatic rings. The summed E-state index contributed by atoms with van der Waals surface area (Å²) in [5.74, 6) is -0.935. The first-order valence-electron chi connectivity index (χ1n) is 7.06. The number of hydrogen-bond donors (Lipinski definition) is 3. The first kappa shape index (κ1) is 15.8. The topological polar surface area (TPSA) is 81.7 Å². The summed E-state index contributed by atoms with van der Waals surface area (Å²) < 4.78 is 0. The largest absolute Gasteiger partial charge is 0.480 e. The molecule has 110 valence electrons. The number of amides is 2. The Morgan fingerprint density at radius 3 is 2.37 bits per heavy atom. The number of carboxylic acid groups (broad SMARTS) is 1. The summed E-state index contributed by atoms with van der Waals surface area (Å²) in [4.78, 5) is 25.0. The molecule has 0 bridgehead atoms. The molecule has 0 aromatic rings. The Bertz CT molecular complexity index is 316. The number of rotatable bonds is 8. The summed E-state index contributed by atoms with van der Waals surface area (Å²) >= 11 is 0. The van der Waals surface area contributed by atoms with E-state index in [1.54, 1.807) is 0 Å². The van der Waals surface area contributed by atoms with Crippen LogP contribution in [0.15, 0.2) is 0 Å². The van der Waals surface area contributed by atoms with E-state index in [1.165, 1.54) is 0 Å². The van der Waals surface area contributed by atoms with Gasteiger partial charge in [-0.25, -0.2) is 9.59 Å². The van der Waals surface area contributed by atoms with Gasteiger partial charge < -0.3 is 20.6 Å². The van der Waals surface area contributed by atoms with Gasteiger partial charge in [-0.2, -0.15) is 0 Å². The number of carbonyl (C=O) groups is 2. The number of carboxylic acids is 1. The predicted molar refractivity (Wildman–Crippen MR) is 73.2 cm³/mol. The van der Waals surface area contributed by atoms with Gasteiger partial charge in [0.15, 0.2) is 0 Å². The lowest BCUT2D eigenvalue weighted by Crippen LogP contribution is -2.61. The van der Waals surface area contributed by atoms with E-state index in [0.29, 0.717) is 19.4 Å². The molecular weight excluding hydrogens is 246 g/mol. The summed E-state index contributed by atoms with van der Waals surface area (Å²) in [7, 11) is 0. The van der Waals surface area contributed by atoms with Crippen LogP contribution < -0.4 is 10.6 Å². The zero-order valence-corrected chi connectivity index (χ0v) is 11.9. The van der Waals surface area contributed by atoms with Gasteiger partial charge in [0.1, 0.15) is 5.54 Å². The lowest BCUT2D eigenvalue weighted by Gasteiger charge is -2.38. The van der Waals surface area contributed by atoms with E-state index in [4.69, 9.17) is 5.11 Å². The summed E-state index contributed by atoms with van der Waals surface area (Å²) in [5.41, 5.74) is -1.03. The quantitative estimate of drug-likeness (QED) is 0.616. The molecule has 1 aliphatic carbocycles. The number of nitrogens with zero attached hydrogens (tertiary/aromatic N) is 1. The van der Waals surface area contributed by atoms with Gasteiger partial charge >= 0.3 is 12.0 Å². The maximum atomic E-state index is 11.7. The number of nitrogens with one attached hydrogen (secondary N) is 2. The van der Waals surface area contributed by atoms with Crippen LogP contribution in [0.25, 0.3) is 0 Å². The average molecular weight is 271 g/mol. The molecule has 0 unspecified atom stereocenters. The lowest BCUT2D eigenvalue weighted by atomic mass is 9.77. The normalized spacial score (nSPS) is 16.8. The Morgan fingerprint density at radius 2 is 1.95 bits per heavy atom. The second-order valence-corrected chi connectivity index (χ2v) is 5.06. The smallest absolute Gasteiger partial charge is 0.329 e. The first-order valence-corrected chi connectivity index (χ1v) is 7.06. The molecule has 1 saturated carbocycles. The van der Waals surface area contributed by atoms with Crippen LogP contribution in [-0.4, -0.2) is 53.7 Å². The number of likely N-dealkylation sites (N-methyl/N-ethyl adjacent to an activating group) is 1. The highest BCUT2D eigenvalue weighted by atomic mass is 16.4. The van der Waals surface area contributed by atoms with Gasteiger partial charge in [-0.15, -0.1) is 0 Å². The standard InChI is InChI=1S/C13H25N3O3/c1-3-9-16(4-2)10-8-14-12(19)15-13(11(17)18)6-5-7-13/h3-10H2,1-2H3,(H,17,18)(H2,14,15,19).